The summed E-state index contributed by atoms with van der Waals surface area (Å²) in [6, 6.07) is 11.9. The zero-order valence-corrected chi connectivity index (χ0v) is 17.0. The molecule has 4 heterocycles. The first-order valence-corrected chi connectivity index (χ1v) is 10.5. The number of benzene rings is 2. The molecule has 156 valence electrons. The topological polar surface area (TPSA) is 85.8 Å². The maximum absolute atomic E-state index is 13.1. The van der Waals surface area contributed by atoms with Gasteiger partial charge in [-0.1, -0.05) is 0 Å². The van der Waals surface area contributed by atoms with E-state index >= 15 is 0 Å². The number of aromatic amines is 1. The molecule has 31 heavy (non-hydrogen) atoms. The highest BCUT2D eigenvalue weighted by Gasteiger charge is 2.30. The van der Waals surface area contributed by atoms with Crippen LogP contribution in [0.25, 0.3) is 11.0 Å². The fraction of sp³-hybridized carbons (Fsp3) is 0.261. The summed E-state index contributed by atoms with van der Waals surface area (Å²) in [5, 5.41) is 3.49. The Hall–Kier alpha value is -3.65. The summed E-state index contributed by atoms with van der Waals surface area (Å²) in [7, 11) is 0. The highest BCUT2D eigenvalue weighted by molar-refractivity contribution is 6.11. The van der Waals surface area contributed by atoms with Crippen LogP contribution in [0.4, 0.5) is 11.4 Å². The Morgan fingerprint density at radius 3 is 2.90 bits per heavy atom. The molecule has 6 rings (SSSR count). The number of H-pyrrole nitrogens is 1. The van der Waals surface area contributed by atoms with Crippen LogP contribution in [0, 0.1) is 0 Å². The van der Waals surface area contributed by atoms with Crippen LogP contribution in [0.5, 0.6) is 0 Å². The van der Waals surface area contributed by atoms with Gasteiger partial charge in [-0.25, -0.2) is 4.98 Å². The van der Waals surface area contributed by atoms with Crippen molar-refractivity contribution < 1.29 is 9.53 Å². The number of aliphatic imine (C=N–C) groups is 1. The molecule has 1 fully saturated rings. The predicted molar refractivity (Wildman–Crippen MR) is 120 cm³/mol. The van der Waals surface area contributed by atoms with Crippen molar-refractivity contribution in [2.45, 2.75) is 0 Å². The standard InChI is InChI=1S/C23H22N6O2/c30-21(15-1-4-18-20(11-15)26-14-25-18)13-22-27-19-12-16(28-7-9-31-10-8-28)2-3-17(19)23-24-5-6-29(22)23/h1-4,11-14,27H,5-10H2,(H,25,26)/b22-13+. The average Bonchev–Trinajstić information content (AvgIpc) is 3.49. The van der Waals surface area contributed by atoms with Gasteiger partial charge in [-0.2, -0.15) is 0 Å². The lowest BCUT2D eigenvalue weighted by molar-refractivity contribution is 0.104. The van der Waals surface area contributed by atoms with Gasteiger partial charge in [0.25, 0.3) is 0 Å². The molecule has 1 saturated heterocycles. The molecule has 8 nitrogen and oxygen atoms in total. The highest BCUT2D eigenvalue weighted by atomic mass is 16.5. The predicted octanol–water partition coefficient (Wildman–Crippen LogP) is 2.61. The molecule has 2 aromatic carbocycles. The van der Waals surface area contributed by atoms with Crippen LogP contribution in [0.2, 0.25) is 0 Å². The van der Waals surface area contributed by atoms with E-state index in [9.17, 15) is 4.79 Å². The van der Waals surface area contributed by atoms with Gasteiger partial charge in [0.05, 0.1) is 42.8 Å². The number of nitrogens with zero attached hydrogens (tertiary/aromatic N) is 4. The summed E-state index contributed by atoms with van der Waals surface area (Å²) in [4.78, 5) is 29.5. The van der Waals surface area contributed by atoms with Crippen LogP contribution < -0.4 is 10.2 Å². The van der Waals surface area contributed by atoms with E-state index in [0.29, 0.717) is 12.1 Å². The second-order valence-corrected chi connectivity index (χ2v) is 7.84. The maximum atomic E-state index is 13.1. The van der Waals surface area contributed by atoms with Gasteiger partial charge < -0.3 is 24.8 Å². The summed E-state index contributed by atoms with van der Waals surface area (Å²) in [5.41, 5.74) is 5.51. The quantitative estimate of drug-likeness (QED) is 0.506. The first-order chi connectivity index (χ1) is 15.3. The van der Waals surface area contributed by atoms with Crippen LogP contribution in [0.3, 0.4) is 0 Å². The van der Waals surface area contributed by atoms with Crippen molar-refractivity contribution in [3.05, 3.63) is 65.7 Å². The SMILES string of the molecule is O=C(/C=C1\Nc2cc(N3CCOCC3)ccc2C2=NCCN21)c1ccc2nc[nH]c2c1. The fourth-order valence-electron chi connectivity index (χ4n) is 4.38. The molecular weight excluding hydrogens is 392 g/mol. The lowest BCUT2D eigenvalue weighted by Gasteiger charge is -2.33. The summed E-state index contributed by atoms with van der Waals surface area (Å²) < 4.78 is 5.48. The Morgan fingerprint density at radius 2 is 2.00 bits per heavy atom. The van der Waals surface area contributed by atoms with E-state index in [1.54, 1.807) is 12.4 Å². The van der Waals surface area contributed by atoms with E-state index in [1.165, 1.54) is 0 Å². The molecule has 3 aliphatic heterocycles. The molecule has 0 aliphatic carbocycles. The number of ketones is 1. The molecule has 8 heteroatoms. The summed E-state index contributed by atoms with van der Waals surface area (Å²) in [6.07, 6.45) is 3.30. The first-order valence-electron chi connectivity index (χ1n) is 10.5. The first kappa shape index (κ1) is 18.1. The molecule has 0 radical (unpaired) electrons. The van der Waals surface area contributed by atoms with E-state index in [0.717, 1.165) is 72.5 Å². The minimum atomic E-state index is -0.0574. The van der Waals surface area contributed by atoms with Gasteiger partial charge in [-0.3, -0.25) is 9.79 Å². The molecule has 0 unspecified atom stereocenters. The number of amidine groups is 1. The van der Waals surface area contributed by atoms with Crippen molar-refractivity contribution in [1.29, 1.82) is 0 Å². The molecular formula is C23H22N6O2. The highest BCUT2D eigenvalue weighted by Crippen LogP contribution is 2.33. The molecule has 2 N–H and O–H groups in total. The maximum Gasteiger partial charge on any atom is 0.189 e. The molecule has 0 atom stereocenters. The summed E-state index contributed by atoms with van der Waals surface area (Å²) >= 11 is 0. The van der Waals surface area contributed by atoms with E-state index < -0.39 is 0 Å². The van der Waals surface area contributed by atoms with E-state index in [-0.39, 0.29) is 5.78 Å². The monoisotopic (exact) mass is 414 g/mol. The minimum absolute atomic E-state index is 0.0574. The van der Waals surface area contributed by atoms with Crippen molar-refractivity contribution >= 4 is 34.0 Å². The lowest BCUT2D eigenvalue weighted by Crippen LogP contribution is -2.38. The smallest absolute Gasteiger partial charge is 0.189 e. The number of imidazole rings is 1. The fourth-order valence-corrected chi connectivity index (χ4v) is 4.38. The molecule has 0 spiro atoms. The van der Waals surface area contributed by atoms with Gasteiger partial charge >= 0.3 is 0 Å². The summed E-state index contributed by atoms with van der Waals surface area (Å²) in [6.45, 7) is 4.71. The van der Waals surface area contributed by atoms with Crippen molar-refractivity contribution in [3.8, 4) is 0 Å². The van der Waals surface area contributed by atoms with Crippen molar-refractivity contribution in [3.63, 3.8) is 0 Å². The third-order valence-electron chi connectivity index (χ3n) is 5.99. The Morgan fingerprint density at radius 1 is 1.10 bits per heavy atom. The number of fused-ring (bicyclic) bond motifs is 4. The van der Waals surface area contributed by atoms with Gasteiger partial charge in [0.1, 0.15) is 11.7 Å². The number of hydrogen-bond donors (Lipinski definition) is 2. The Kier molecular flexibility index (Phi) is 4.24. The molecule has 3 aromatic rings. The van der Waals surface area contributed by atoms with Gasteiger partial charge in [0.2, 0.25) is 0 Å². The normalized spacial score (nSPS) is 19.2. The van der Waals surface area contributed by atoms with Crippen molar-refractivity contribution in [2.75, 3.05) is 49.6 Å². The molecule has 0 bridgehead atoms. The van der Waals surface area contributed by atoms with E-state index in [4.69, 9.17) is 9.73 Å². The second-order valence-electron chi connectivity index (χ2n) is 7.84. The number of nitrogens with one attached hydrogen (secondary N) is 2. The minimum Gasteiger partial charge on any atom is -0.378 e. The largest absolute Gasteiger partial charge is 0.378 e. The second kappa shape index (κ2) is 7.24. The van der Waals surface area contributed by atoms with Crippen LogP contribution in [0.1, 0.15) is 15.9 Å². The molecule has 0 saturated carbocycles. The van der Waals surface area contributed by atoms with Gasteiger partial charge in [0, 0.05) is 42.5 Å². The number of carbonyl (C=O) groups excluding carboxylic acids is 1. The Balaban J connectivity index is 1.34. The van der Waals surface area contributed by atoms with Gasteiger partial charge in [-0.05, 0) is 36.4 Å². The summed E-state index contributed by atoms with van der Waals surface area (Å²) in [5.74, 6) is 1.63. The van der Waals surface area contributed by atoms with Crippen LogP contribution >= 0.6 is 0 Å². The van der Waals surface area contributed by atoms with Crippen LogP contribution in [-0.2, 0) is 4.74 Å². The van der Waals surface area contributed by atoms with Crippen molar-refractivity contribution in [2.24, 2.45) is 4.99 Å². The zero-order valence-electron chi connectivity index (χ0n) is 17.0. The number of ether oxygens (including phenoxy) is 1. The lowest BCUT2D eigenvalue weighted by atomic mass is 10.1. The number of morpholine rings is 1. The van der Waals surface area contributed by atoms with Gasteiger partial charge in [-0.15, -0.1) is 0 Å². The number of allylic oxidation sites excluding steroid dienone is 1. The van der Waals surface area contributed by atoms with Crippen molar-refractivity contribution in [1.82, 2.24) is 14.9 Å². The third-order valence-corrected chi connectivity index (χ3v) is 5.99. The molecule has 3 aliphatic rings. The number of anilines is 2. The van der Waals surface area contributed by atoms with Crippen LogP contribution in [-0.4, -0.2) is 65.9 Å². The number of rotatable bonds is 3. The average molecular weight is 414 g/mol. The Labute approximate surface area is 179 Å². The molecule has 0 amide bonds. The Bertz CT molecular complexity index is 1240. The number of aromatic nitrogens is 2. The van der Waals surface area contributed by atoms with E-state index in [1.807, 2.05) is 18.2 Å². The number of hydrogen-bond acceptors (Lipinski definition) is 7. The van der Waals surface area contributed by atoms with Crippen LogP contribution in [0.15, 0.2) is 59.6 Å². The van der Waals surface area contributed by atoms with Gasteiger partial charge in [0.15, 0.2) is 5.78 Å². The zero-order chi connectivity index (χ0) is 20.8. The molecule has 1 aromatic heterocycles. The number of carbonyl (C=O) groups is 1. The van der Waals surface area contributed by atoms with E-state index in [2.05, 4.69) is 43.3 Å². The third kappa shape index (κ3) is 3.16.